The van der Waals surface area contributed by atoms with Crippen molar-refractivity contribution in [2.24, 2.45) is 0 Å². The van der Waals surface area contributed by atoms with Gasteiger partial charge in [-0.25, -0.2) is 13.1 Å². The molecule has 1 atom stereocenters. The van der Waals surface area contributed by atoms with Gasteiger partial charge in [-0.3, -0.25) is 0 Å². The van der Waals surface area contributed by atoms with E-state index in [1.165, 1.54) is 6.07 Å². The first-order valence-corrected chi connectivity index (χ1v) is 8.83. The molecule has 0 saturated carbocycles. The van der Waals surface area contributed by atoms with Crippen LogP contribution in [0.15, 0.2) is 17.2 Å². The second-order valence-corrected chi connectivity index (χ2v) is 7.01. The first-order chi connectivity index (χ1) is 9.85. The fourth-order valence-corrected chi connectivity index (χ4v) is 3.15. The van der Waals surface area contributed by atoms with Gasteiger partial charge in [0.2, 0.25) is 10.0 Å². The van der Waals surface area contributed by atoms with E-state index in [-0.39, 0.29) is 11.5 Å². The minimum Gasteiger partial charge on any atom is -0.390 e. The molecule has 1 rings (SSSR count). The largest absolute Gasteiger partial charge is 0.390 e. The van der Waals surface area contributed by atoms with Crippen LogP contribution in [0, 0.1) is 0 Å². The molecule has 0 aliphatic carbocycles. The number of aliphatic hydroxyl groups excluding tert-OH is 1. The van der Waals surface area contributed by atoms with Gasteiger partial charge in [0, 0.05) is 37.6 Å². The quantitative estimate of drug-likeness (QED) is 0.713. The van der Waals surface area contributed by atoms with E-state index >= 15 is 0 Å². The highest BCUT2D eigenvalue weighted by Crippen LogP contribution is 2.14. The zero-order valence-electron chi connectivity index (χ0n) is 13.3. The number of aromatic nitrogens is 1. The lowest BCUT2D eigenvalue weighted by molar-refractivity contribution is 0.256. The number of aliphatic hydroxyl groups is 1. The van der Waals surface area contributed by atoms with Crippen molar-refractivity contribution in [3.8, 4) is 0 Å². The highest BCUT2D eigenvalue weighted by molar-refractivity contribution is 7.89. The molecule has 6 nitrogen and oxygen atoms in total. The van der Waals surface area contributed by atoms with Gasteiger partial charge >= 0.3 is 0 Å². The molecule has 0 fully saturated rings. The highest BCUT2D eigenvalue weighted by Gasteiger charge is 2.18. The van der Waals surface area contributed by atoms with E-state index in [4.69, 9.17) is 0 Å². The van der Waals surface area contributed by atoms with Crippen LogP contribution in [0.25, 0.3) is 0 Å². The second-order valence-electron chi connectivity index (χ2n) is 5.25. The van der Waals surface area contributed by atoms with Crippen molar-refractivity contribution in [2.45, 2.75) is 51.3 Å². The number of nitrogens with zero attached hydrogens (tertiary/aromatic N) is 2. The minimum atomic E-state index is -3.52. The standard InChI is InChI=1S/C14H27N3O3S/c1-5-12(3)16(4)8-7-15-21(19,20)14-9-13(11-18)17(6-2)10-14/h9-10,12,15,18H,5-8,11H2,1-4H3. The Balaban J connectivity index is 2.67. The van der Waals surface area contributed by atoms with Crippen molar-refractivity contribution in [3.63, 3.8) is 0 Å². The fourth-order valence-electron chi connectivity index (χ4n) is 2.07. The van der Waals surface area contributed by atoms with Crippen molar-refractivity contribution >= 4 is 10.0 Å². The van der Waals surface area contributed by atoms with Gasteiger partial charge in [-0.15, -0.1) is 0 Å². The number of hydrogen-bond donors (Lipinski definition) is 2. The van der Waals surface area contributed by atoms with Crippen LogP contribution in [-0.2, 0) is 23.2 Å². The van der Waals surface area contributed by atoms with E-state index in [1.807, 2.05) is 14.0 Å². The first-order valence-electron chi connectivity index (χ1n) is 7.35. The van der Waals surface area contributed by atoms with Gasteiger partial charge in [0.25, 0.3) is 0 Å². The summed E-state index contributed by atoms with van der Waals surface area (Å²) < 4.78 is 28.8. The molecule has 0 amide bonds. The molecular formula is C14H27N3O3S. The summed E-state index contributed by atoms with van der Waals surface area (Å²) in [7, 11) is -1.53. The normalized spacial score (nSPS) is 13.8. The molecule has 0 aliphatic heterocycles. The monoisotopic (exact) mass is 317 g/mol. The van der Waals surface area contributed by atoms with E-state index in [9.17, 15) is 13.5 Å². The Labute approximate surface area is 127 Å². The average molecular weight is 317 g/mol. The third kappa shape index (κ3) is 4.81. The van der Waals surface area contributed by atoms with Crippen LogP contribution in [-0.4, -0.2) is 49.2 Å². The number of nitrogens with one attached hydrogen (secondary N) is 1. The highest BCUT2D eigenvalue weighted by atomic mass is 32.2. The molecule has 0 bridgehead atoms. The Morgan fingerprint density at radius 3 is 2.57 bits per heavy atom. The van der Waals surface area contributed by atoms with Crippen LogP contribution in [0.1, 0.15) is 32.9 Å². The Kier molecular flexibility index (Phi) is 6.86. The third-order valence-electron chi connectivity index (χ3n) is 3.87. The van der Waals surface area contributed by atoms with Gasteiger partial charge in [-0.05, 0) is 33.4 Å². The van der Waals surface area contributed by atoms with E-state index in [2.05, 4.69) is 23.5 Å². The fraction of sp³-hybridized carbons (Fsp3) is 0.714. The number of aryl methyl sites for hydroxylation is 1. The Bertz CT molecular complexity index is 518. The van der Waals surface area contributed by atoms with Crippen LogP contribution in [0.2, 0.25) is 0 Å². The zero-order chi connectivity index (χ0) is 16.0. The maximum atomic E-state index is 12.2. The van der Waals surface area contributed by atoms with Gasteiger partial charge in [-0.1, -0.05) is 6.92 Å². The van der Waals surface area contributed by atoms with Gasteiger partial charge in [0.1, 0.15) is 0 Å². The van der Waals surface area contributed by atoms with Gasteiger partial charge in [0.05, 0.1) is 11.5 Å². The second kappa shape index (κ2) is 7.93. The first kappa shape index (κ1) is 18.2. The van der Waals surface area contributed by atoms with Gasteiger partial charge in [0.15, 0.2) is 0 Å². The van der Waals surface area contributed by atoms with Crippen molar-refractivity contribution in [1.29, 1.82) is 0 Å². The summed E-state index contributed by atoms with van der Waals surface area (Å²) in [5.74, 6) is 0. The van der Waals surface area contributed by atoms with Crippen molar-refractivity contribution in [2.75, 3.05) is 20.1 Å². The van der Waals surface area contributed by atoms with Crippen LogP contribution in [0.5, 0.6) is 0 Å². The van der Waals surface area contributed by atoms with Crippen LogP contribution < -0.4 is 4.72 Å². The number of sulfonamides is 1. The lowest BCUT2D eigenvalue weighted by Gasteiger charge is -2.23. The molecule has 2 N–H and O–H groups in total. The molecule has 1 unspecified atom stereocenters. The summed E-state index contributed by atoms with van der Waals surface area (Å²) >= 11 is 0. The molecule has 1 heterocycles. The molecule has 0 saturated heterocycles. The Hall–Kier alpha value is -0.890. The minimum absolute atomic E-state index is 0.167. The third-order valence-corrected chi connectivity index (χ3v) is 5.30. The summed E-state index contributed by atoms with van der Waals surface area (Å²) in [5.41, 5.74) is 0.606. The van der Waals surface area contributed by atoms with Crippen LogP contribution in [0.3, 0.4) is 0 Å². The van der Waals surface area contributed by atoms with E-state index in [0.717, 1.165) is 6.42 Å². The summed E-state index contributed by atoms with van der Waals surface area (Å²) in [4.78, 5) is 2.33. The number of hydrogen-bond acceptors (Lipinski definition) is 4. The molecule has 1 aromatic heterocycles. The Morgan fingerprint density at radius 2 is 2.10 bits per heavy atom. The van der Waals surface area contributed by atoms with E-state index < -0.39 is 10.0 Å². The SMILES string of the molecule is CCC(C)N(C)CCNS(=O)(=O)c1cc(CO)n(CC)c1. The predicted octanol–water partition coefficient (Wildman–Crippen LogP) is 1.01. The molecule has 0 spiro atoms. The summed E-state index contributed by atoms with van der Waals surface area (Å²) in [5, 5.41) is 9.22. The zero-order valence-corrected chi connectivity index (χ0v) is 14.2. The van der Waals surface area contributed by atoms with E-state index in [0.29, 0.717) is 31.4 Å². The maximum Gasteiger partial charge on any atom is 0.242 e. The molecule has 122 valence electrons. The molecule has 0 aliphatic rings. The lowest BCUT2D eigenvalue weighted by Crippen LogP contribution is -2.36. The van der Waals surface area contributed by atoms with Crippen molar-refractivity contribution in [3.05, 3.63) is 18.0 Å². The van der Waals surface area contributed by atoms with Gasteiger partial charge in [-0.2, -0.15) is 0 Å². The summed E-state index contributed by atoms with van der Waals surface area (Å²) in [6, 6.07) is 1.95. The summed E-state index contributed by atoms with van der Waals surface area (Å²) in [6.45, 7) is 7.62. The molecule has 0 radical (unpaired) electrons. The van der Waals surface area contributed by atoms with Gasteiger partial charge < -0.3 is 14.6 Å². The lowest BCUT2D eigenvalue weighted by atomic mass is 10.2. The molecule has 1 aromatic rings. The molecule has 7 heteroatoms. The smallest absolute Gasteiger partial charge is 0.242 e. The van der Waals surface area contributed by atoms with Crippen molar-refractivity contribution in [1.82, 2.24) is 14.2 Å². The molecule has 21 heavy (non-hydrogen) atoms. The van der Waals surface area contributed by atoms with Crippen molar-refractivity contribution < 1.29 is 13.5 Å². The number of likely N-dealkylation sites (N-methyl/N-ethyl adjacent to an activating group) is 1. The Morgan fingerprint density at radius 1 is 1.43 bits per heavy atom. The number of rotatable bonds is 9. The molecule has 0 aromatic carbocycles. The predicted molar refractivity (Wildman–Crippen MR) is 83.6 cm³/mol. The average Bonchev–Trinajstić information content (AvgIpc) is 2.90. The van der Waals surface area contributed by atoms with Crippen LogP contribution >= 0.6 is 0 Å². The summed E-state index contributed by atoms with van der Waals surface area (Å²) in [6.07, 6.45) is 2.59. The maximum absolute atomic E-state index is 12.2. The van der Waals surface area contributed by atoms with E-state index in [1.54, 1.807) is 10.8 Å². The topological polar surface area (TPSA) is 74.6 Å². The molecular weight excluding hydrogens is 290 g/mol. The van der Waals surface area contributed by atoms with Crippen LogP contribution in [0.4, 0.5) is 0 Å².